The molecule has 100 valence electrons. The number of Topliss-reactive ketones (excluding diaryl/α,β-unsaturated/α-hetero) is 1. The first-order valence-corrected chi connectivity index (χ1v) is 7.14. The molecule has 2 nitrogen and oxygen atoms in total. The summed E-state index contributed by atoms with van der Waals surface area (Å²) in [5.74, 6) is 0.320. The molecular weight excluding hydrogens is 212 g/mol. The van der Waals surface area contributed by atoms with Gasteiger partial charge in [-0.2, -0.15) is 0 Å². The van der Waals surface area contributed by atoms with Gasteiger partial charge < -0.3 is 4.74 Å². The average molecular weight is 240 g/mol. The Balaban J connectivity index is 2.47. The van der Waals surface area contributed by atoms with Crippen LogP contribution < -0.4 is 0 Å². The van der Waals surface area contributed by atoms with Crippen molar-refractivity contribution in [3.05, 3.63) is 0 Å². The van der Waals surface area contributed by atoms with E-state index in [0.29, 0.717) is 12.2 Å². The van der Waals surface area contributed by atoms with Crippen LogP contribution in [0.3, 0.4) is 0 Å². The molecular formula is C15H28O2. The highest BCUT2D eigenvalue weighted by Gasteiger charge is 2.68. The van der Waals surface area contributed by atoms with E-state index < -0.39 is 5.60 Å². The van der Waals surface area contributed by atoms with Crippen molar-refractivity contribution >= 4 is 5.78 Å². The molecule has 2 heteroatoms. The summed E-state index contributed by atoms with van der Waals surface area (Å²) in [7, 11) is 1.70. The Labute approximate surface area is 106 Å². The van der Waals surface area contributed by atoms with Crippen molar-refractivity contribution in [2.24, 2.45) is 5.41 Å². The van der Waals surface area contributed by atoms with Crippen molar-refractivity contribution in [1.82, 2.24) is 0 Å². The van der Waals surface area contributed by atoms with E-state index in [0.717, 1.165) is 19.3 Å². The van der Waals surface area contributed by atoms with E-state index in [1.165, 1.54) is 25.7 Å². The third-order valence-electron chi connectivity index (χ3n) is 4.35. The van der Waals surface area contributed by atoms with Gasteiger partial charge in [0, 0.05) is 18.9 Å². The highest BCUT2D eigenvalue weighted by Crippen LogP contribution is 2.62. The second-order valence-electron chi connectivity index (χ2n) is 5.75. The Hall–Kier alpha value is -0.370. The first-order chi connectivity index (χ1) is 8.06. The molecule has 1 aliphatic carbocycles. The van der Waals surface area contributed by atoms with Gasteiger partial charge in [-0.15, -0.1) is 0 Å². The molecule has 0 N–H and O–H groups in total. The molecule has 0 aliphatic heterocycles. The van der Waals surface area contributed by atoms with E-state index in [2.05, 4.69) is 20.8 Å². The molecule has 0 aromatic rings. The van der Waals surface area contributed by atoms with E-state index in [-0.39, 0.29) is 5.41 Å². The monoisotopic (exact) mass is 240 g/mol. The Kier molecular flexibility index (Phi) is 5.18. The van der Waals surface area contributed by atoms with E-state index >= 15 is 0 Å². The number of unbranched alkanes of at least 4 members (excludes halogenated alkanes) is 3. The Bertz CT molecular complexity index is 262. The topological polar surface area (TPSA) is 26.3 Å². The van der Waals surface area contributed by atoms with Crippen LogP contribution in [0.2, 0.25) is 0 Å². The molecule has 1 fully saturated rings. The molecule has 17 heavy (non-hydrogen) atoms. The van der Waals surface area contributed by atoms with E-state index in [1.807, 2.05) is 0 Å². The summed E-state index contributed by atoms with van der Waals surface area (Å²) in [6.07, 6.45) is 8.74. The number of hydrogen-bond donors (Lipinski definition) is 0. The van der Waals surface area contributed by atoms with Gasteiger partial charge in [-0.25, -0.2) is 0 Å². The van der Waals surface area contributed by atoms with Gasteiger partial charge in [0.1, 0.15) is 5.60 Å². The zero-order chi connectivity index (χ0) is 12.9. The number of carbonyl (C=O) groups excluding carboxylic acids is 1. The summed E-state index contributed by atoms with van der Waals surface area (Å²) in [4.78, 5) is 12.1. The first kappa shape index (κ1) is 14.7. The van der Waals surface area contributed by atoms with Crippen molar-refractivity contribution in [1.29, 1.82) is 0 Å². The number of carbonyl (C=O) groups is 1. The minimum atomic E-state index is -0.435. The number of ether oxygens (including phenoxy) is 1. The van der Waals surface area contributed by atoms with E-state index in [9.17, 15) is 4.79 Å². The molecule has 0 radical (unpaired) electrons. The van der Waals surface area contributed by atoms with E-state index in [4.69, 9.17) is 4.74 Å². The molecule has 0 spiro atoms. The van der Waals surface area contributed by atoms with Gasteiger partial charge in [0.2, 0.25) is 0 Å². The third-order valence-corrected chi connectivity index (χ3v) is 4.35. The number of methoxy groups -OCH3 is 1. The van der Waals surface area contributed by atoms with Gasteiger partial charge in [-0.1, -0.05) is 46.5 Å². The van der Waals surface area contributed by atoms with Crippen LogP contribution >= 0.6 is 0 Å². The van der Waals surface area contributed by atoms with Crippen LogP contribution in [0.15, 0.2) is 0 Å². The van der Waals surface area contributed by atoms with Crippen LogP contribution in [0, 0.1) is 5.41 Å². The lowest BCUT2D eigenvalue weighted by Gasteiger charge is -2.20. The van der Waals surface area contributed by atoms with Crippen molar-refractivity contribution in [2.75, 3.05) is 7.11 Å². The van der Waals surface area contributed by atoms with Crippen molar-refractivity contribution in [3.63, 3.8) is 0 Å². The quantitative estimate of drug-likeness (QED) is 0.567. The van der Waals surface area contributed by atoms with Gasteiger partial charge >= 0.3 is 0 Å². The predicted octanol–water partition coefficient (Wildman–Crippen LogP) is 4.12. The van der Waals surface area contributed by atoms with E-state index in [1.54, 1.807) is 7.11 Å². The molecule has 0 aromatic carbocycles. The van der Waals surface area contributed by atoms with Gasteiger partial charge in [0.25, 0.3) is 0 Å². The molecule has 2 unspecified atom stereocenters. The maximum Gasteiger partial charge on any atom is 0.165 e. The normalized spacial score (nSPS) is 31.5. The van der Waals surface area contributed by atoms with Crippen molar-refractivity contribution < 1.29 is 9.53 Å². The standard InChI is InChI=1S/C15H28O2/c1-5-7-8-9-11-14(3)12-15(14,17-4)13(16)10-6-2/h5-12H2,1-4H3. The maximum atomic E-state index is 12.1. The van der Waals surface area contributed by atoms with Crippen LogP contribution in [0.5, 0.6) is 0 Å². The average Bonchev–Trinajstić information content (AvgIpc) is 2.93. The number of hydrogen-bond acceptors (Lipinski definition) is 2. The van der Waals surface area contributed by atoms with Crippen LogP contribution in [0.4, 0.5) is 0 Å². The van der Waals surface area contributed by atoms with Crippen LogP contribution in [-0.4, -0.2) is 18.5 Å². The Morgan fingerprint density at radius 3 is 2.41 bits per heavy atom. The smallest absolute Gasteiger partial charge is 0.165 e. The zero-order valence-electron chi connectivity index (χ0n) is 12.0. The molecule has 0 amide bonds. The van der Waals surface area contributed by atoms with Gasteiger partial charge in [0.05, 0.1) is 0 Å². The van der Waals surface area contributed by atoms with Crippen LogP contribution in [0.25, 0.3) is 0 Å². The summed E-state index contributed by atoms with van der Waals surface area (Å²) in [6, 6.07) is 0. The molecule has 2 atom stereocenters. The molecule has 1 aliphatic rings. The minimum Gasteiger partial charge on any atom is -0.370 e. The summed E-state index contributed by atoms with van der Waals surface area (Å²) >= 11 is 0. The summed E-state index contributed by atoms with van der Waals surface area (Å²) in [5.41, 5.74) is -0.322. The zero-order valence-corrected chi connectivity index (χ0v) is 12.0. The number of rotatable bonds is 9. The lowest BCUT2D eigenvalue weighted by molar-refractivity contribution is -0.134. The highest BCUT2D eigenvalue weighted by atomic mass is 16.5. The third kappa shape index (κ3) is 2.90. The fourth-order valence-corrected chi connectivity index (χ4v) is 3.03. The van der Waals surface area contributed by atoms with Crippen LogP contribution in [0.1, 0.15) is 72.1 Å². The van der Waals surface area contributed by atoms with Gasteiger partial charge in [0.15, 0.2) is 5.78 Å². The second-order valence-corrected chi connectivity index (χ2v) is 5.75. The maximum absolute atomic E-state index is 12.1. The molecule has 1 rings (SSSR count). The molecule has 0 heterocycles. The Morgan fingerprint density at radius 2 is 1.88 bits per heavy atom. The summed E-state index contributed by atoms with van der Waals surface area (Å²) in [5, 5.41) is 0. The molecule has 0 bridgehead atoms. The van der Waals surface area contributed by atoms with Crippen LogP contribution in [-0.2, 0) is 9.53 Å². The lowest BCUT2D eigenvalue weighted by Crippen LogP contribution is -2.31. The molecule has 0 aromatic heterocycles. The van der Waals surface area contributed by atoms with Gasteiger partial charge in [-0.3, -0.25) is 4.79 Å². The van der Waals surface area contributed by atoms with Gasteiger partial charge in [-0.05, 0) is 19.3 Å². The minimum absolute atomic E-state index is 0.113. The molecule has 0 saturated heterocycles. The summed E-state index contributed by atoms with van der Waals surface area (Å²) in [6.45, 7) is 6.50. The SMILES string of the molecule is CCCCCCC1(C)CC1(OC)C(=O)CCC. The molecule has 1 saturated carbocycles. The second kappa shape index (κ2) is 5.99. The Morgan fingerprint density at radius 1 is 1.18 bits per heavy atom. The largest absolute Gasteiger partial charge is 0.370 e. The first-order valence-electron chi connectivity index (χ1n) is 7.14. The number of ketones is 1. The highest BCUT2D eigenvalue weighted by molar-refractivity contribution is 5.91. The summed E-state index contributed by atoms with van der Waals surface area (Å²) < 4.78 is 5.59. The van der Waals surface area contributed by atoms with Crippen molar-refractivity contribution in [3.8, 4) is 0 Å². The predicted molar refractivity (Wildman–Crippen MR) is 71.1 cm³/mol. The fraction of sp³-hybridized carbons (Fsp3) is 0.933. The van der Waals surface area contributed by atoms with Crippen molar-refractivity contribution in [2.45, 2.75) is 77.7 Å². The fourth-order valence-electron chi connectivity index (χ4n) is 3.03. The lowest BCUT2D eigenvalue weighted by atomic mass is 9.92.